The van der Waals surface area contributed by atoms with Gasteiger partial charge >= 0.3 is 0 Å². The van der Waals surface area contributed by atoms with Crippen molar-refractivity contribution in [2.75, 3.05) is 4.90 Å². The monoisotopic (exact) mass is 939 g/mol. The molecule has 0 radical (unpaired) electrons. The summed E-state index contributed by atoms with van der Waals surface area (Å²) < 4.78 is 4.85. The molecule has 3 nitrogen and oxygen atoms in total. The molecule has 16 rings (SSSR count). The summed E-state index contributed by atoms with van der Waals surface area (Å²) in [5.74, 6) is 0. The van der Waals surface area contributed by atoms with E-state index in [9.17, 15) is 0 Å². The topological polar surface area (TPSA) is 13.1 Å². The number of nitrogens with zero attached hydrogens (tertiary/aromatic N) is 3. The van der Waals surface area contributed by atoms with Gasteiger partial charge in [0.05, 0.1) is 33.2 Å². The Hall–Kier alpha value is -9.70. The second kappa shape index (κ2) is 15.6. The van der Waals surface area contributed by atoms with Crippen molar-refractivity contribution in [3.8, 4) is 44.8 Å². The van der Waals surface area contributed by atoms with Crippen LogP contribution < -0.4 is 4.90 Å². The van der Waals surface area contributed by atoms with Crippen molar-refractivity contribution in [3.05, 3.63) is 295 Å². The van der Waals surface area contributed by atoms with Crippen molar-refractivity contribution in [2.24, 2.45) is 0 Å². The maximum absolute atomic E-state index is 2.55. The lowest BCUT2D eigenvalue weighted by Gasteiger charge is -2.32. The van der Waals surface area contributed by atoms with E-state index >= 15 is 0 Å². The fourth-order valence-electron chi connectivity index (χ4n) is 13.2. The molecule has 14 aromatic rings. The molecule has 0 aliphatic heterocycles. The SMILES string of the molecule is c1ccc(-c2ccc3c(c2)C2(c4ccccc4-3)c3ccccc3-c3c(N(c4ccc5c(c4)c4ccccc4n5-c4ccccc4)c4ccc5c(c4)c4ccccc4n5-c4ccc5ccccc5c4)cccc32)cc1. The molecule has 0 N–H and O–H groups in total. The van der Waals surface area contributed by atoms with Gasteiger partial charge in [-0.15, -0.1) is 0 Å². The lowest BCUT2D eigenvalue weighted by Crippen LogP contribution is -2.26. The quantitative estimate of drug-likeness (QED) is 0.162. The molecule has 0 saturated heterocycles. The summed E-state index contributed by atoms with van der Waals surface area (Å²) in [4.78, 5) is 2.55. The van der Waals surface area contributed by atoms with Gasteiger partial charge in [-0.3, -0.25) is 0 Å². The molecule has 1 unspecified atom stereocenters. The van der Waals surface area contributed by atoms with Crippen molar-refractivity contribution < 1.29 is 0 Å². The first-order valence-electron chi connectivity index (χ1n) is 25.7. The number of anilines is 3. The highest BCUT2D eigenvalue weighted by atomic mass is 15.1. The van der Waals surface area contributed by atoms with E-state index < -0.39 is 5.41 Å². The highest BCUT2D eigenvalue weighted by Crippen LogP contribution is 2.65. The third-order valence-corrected chi connectivity index (χ3v) is 16.3. The van der Waals surface area contributed by atoms with Crippen LogP contribution in [0.5, 0.6) is 0 Å². The van der Waals surface area contributed by atoms with Gasteiger partial charge in [0, 0.05) is 49.9 Å². The van der Waals surface area contributed by atoms with Crippen LogP contribution in [0.15, 0.2) is 273 Å². The van der Waals surface area contributed by atoms with Gasteiger partial charge in [0.25, 0.3) is 0 Å². The van der Waals surface area contributed by atoms with Gasteiger partial charge in [0.2, 0.25) is 0 Å². The molecule has 1 spiro atoms. The molecule has 1 atom stereocenters. The zero-order valence-corrected chi connectivity index (χ0v) is 40.3. The van der Waals surface area contributed by atoms with Crippen molar-refractivity contribution in [1.82, 2.24) is 9.13 Å². The molecule has 0 fully saturated rings. The second-order valence-corrected chi connectivity index (χ2v) is 20.0. The first-order chi connectivity index (χ1) is 36.7. The smallest absolute Gasteiger partial charge is 0.0726 e. The van der Waals surface area contributed by atoms with Crippen molar-refractivity contribution in [3.63, 3.8) is 0 Å². The van der Waals surface area contributed by atoms with Crippen molar-refractivity contribution in [1.29, 1.82) is 0 Å². The predicted molar refractivity (Wildman–Crippen MR) is 309 cm³/mol. The van der Waals surface area contributed by atoms with E-state index in [1.54, 1.807) is 0 Å². The molecule has 2 aromatic heterocycles. The van der Waals surface area contributed by atoms with Crippen LogP contribution in [-0.4, -0.2) is 9.13 Å². The Morgan fingerprint density at radius 1 is 0.284 bits per heavy atom. The normalized spacial score (nSPS) is 14.3. The van der Waals surface area contributed by atoms with Crippen LogP contribution in [0.25, 0.3) is 99.1 Å². The maximum atomic E-state index is 2.55. The fourth-order valence-corrected chi connectivity index (χ4v) is 13.2. The molecule has 2 aliphatic carbocycles. The molecule has 344 valence electrons. The Kier molecular flexibility index (Phi) is 8.66. The molecule has 2 heterocycles. The summed E-state index contributed by atoms with van der Waals surface area (Å²) >= 11 is 0. The van der Waals surface area contributed by atoms with Crippen LogP contribution in [0, 0.1) is 0 Å². The van der Waals surface area contributed by atoms with E-state index in [1.165, 1.54) is 110 Å². The van der Waals surface area contributed by atoms with Gasteiger partial charge in [-0.05, 0) is 146 Å². The minimum atomic E-state index is -0.547. The van der Waals surface area contributed by atoms with Gasteiger partial charge in [-0.1, -0.05) is 188 Å². The van der Waals surface area contributed by atoms with Crippen molar-refractivity contribution >= 4 is 71.4 Å². The van der Waals surface area contributed by atoms with Gasteiger partial charge < -0.3 is 14.0 Å². The first-order valence-corrected chi connectivity index (χ1v) is 25.7. The minimum absolute atomic E-state index is 0.547. The number of rotatable bonds is 6. The second-order valence-electron chi connectivity index (χ2n) is 20.0. The number of hydrogen-bond donors (Lipinski definition) is 0. The number of para-hydroxylation sites is 3. The first kappa shape index (κ1) is 41.0. The van der Waals surface area contributed by atoms with E-state index in [0.29, 0.717) is 0 Å². The van der Waals surface area contributed by atoms with Gasteiger partial charge in [0.15, 0.2) is 0 Å². The lowest BCUT2D eigenvalue weighted by atomic mass is 9.70. The van der Waals surface area contributed by atoms with E-state index in [0.717, 1.165) is 28.4 Å². The molecular weight excluding hydrogens is 895 g/mol. The van der Waals surface area contributed by atoms with Crippen LogP contribution >= 0.6 is 0 Å². The minimum Gasteiger partial charge on any atom is -0.310 e. The summed E-state index contributed by atoms with van der Waals surface area (Å²) in [6.07, 6.45) is 0. The molecule has 3 heteroatoms. The summed E-state index contributed by atoms with van der Waals surface area (Å²) in [5.41, 5.74) is 22.6. The van der Waals surface area contributed by atoms with E-state index in [4.69, 9.17) is 0 Å². The lowest BCUT2D eigenvalue weighted by molar-refractivity contribution is 0.794. The Balaban J connectivity index is 0.984. The van der Waals surface area contributed by atoms with E-state index in [2.05, 4.69) is 287 Å². The van der Waals surface area contributed by atoms with Gasteiger partial charge in [-0.2, -0.15) is 0 Å². The predicted octanol–water partition coefficient (Wildman–Crippen LogP) is 18.5. The van der Waals surface area contributed by atoms with E-state index in [1.807, 2.05) is 0 Å². The summed E-state index contributed by atoms with van der Waals surface area (Å²) in [7, 11) is 0. The largest absolute Gasteiger partial charge is 0.310 e. The standard InChI is InChI=1S/C71H45N3/c1-3-18-46(19-4-1)49-35-39-55-54-24-9-13-28-61(54)71(64(55)43-49)62-29-14-10-27-58(62)70-63(71)30-17-33-69(70)72(52-37-40-67-59(44-52)56-25-11-15-31-65(56)73(67)50-22-5-2-6-23-50)53-38-41-68-60(45-53)57-26-12-16-32-66(57)74(68)51-36-34-47-20-7-8-21-48(47)42-51/h1-45H. The molecular formula is C71H45N3. The van der Waals surface area contributed by atoms with Crippen LogP contribution in [-0.2, 0) is 5.41 Å². The summed E-state index contributed by atoms with van der Waals surface area (Å²) in [6.45, 7) is 0. The van der Waals surface area contributed by atoms with Crippen molar-refractivity contribution in [2.45, 2.75) is 5.41 Å². The number of fused-ring (bicyclic) bond motifs is 17. The Bertz CT molecular complexity index is 4620. The van der Waals surface area contributed by atoms with Crippen LogP contribution in [0.3, 0.4) is 0 Å². The molecule has 0 bridgehead atoms. The van der Waals surface area contributed by atoms with Crippen LogP contribution in [0.2, 0.25) is 0 Å². The number of hydrogen-bond acceptors (Lipinski definition) is 1. The summed E-state index contributed by atoms with van der Waals surface area (Å²) in [5, 5.41) is 7.31. The Labute approximate surface area is 428 Å². The van der Waals surface area contributed by atoms with E-state index in [-0.39, 0.29) is 0 Å². The molecule has 0 amide bonds. The molecule has 74 heavy (non-hydrogen) atoms. The average molecular weight is 940 g/mol. The average Bonchev–Trinajstić information content (AvgIpc) is 4.20. The number of benzene rings is 12. The fraction of sp³-hybridized carbons (Fsp3) is 0.0141. The van der Waals surface area contributed by atoms with Gasteiger partial charge in [0.1, 0.15) is 0 Å². The molecule has 2 aliphatic rings. The molecule has 0 saturated carbocycles. The molecule has 12 aromatic carbocycles. The van der Waals surface area contributed by atoms with Crippen LogP contribution in [0.1, 0.15) is 22.3 Å². The third-order valence-electron chi connectivity index (χ3n) is 16.3. The number of aromatic nitrogens is 2. The Morgan fingerprint density at radius 3 is 1.54 bits per heavy atom. The van der Waals surface area contributed by atoms with Crippen LogP contribution in [0.4, 0.5) is 17.1 Å². The Morgan fingerprint density at radius 2 is 0.824 bits per heavy atom. The highest BCUT2D eigenvalue weighted by Gasteiger charge is 2.52. The summed E-state index contributed by atoms with van der Waals surface area (Å²) in [6, 6.07) is 102. The maximum Gasteiger partial charge on any atom is 0.0726 e. The zero-order chi connectivity index (χ0) is 48.5. The third kappa shape index (κ3) is 5.66. The highest BCUT2D eigenvalue weighted by molar-refractivity contribution is 6.13. The zero-order valence-electron chi connectivity index (χ0n) is 40.3. The van der Waals surface area contributed by atoms with Gasteiger partial charge in [-0.25, -0.2) is 0 Å².